The standard InChI is InChI=1S/C23H32N2O/c1-18-6-4-8-22(14-18)26-23-9-5-7-21(15-23)19(2)16-25(3)17-20-10-12-24-13-11-20/h4,6,8,10-14,19,21,23H,5,7,9,15-17H2,1-3H3/t19?,21-,23+/m0/s1. The highest BCUT2D eigenvalue weighted by Gasteiger charge is 2.27. The van der Waals surface area contributed by atoms with Gasteiger partial charge in [0.2, 0.25) is 0 Å². The smallest absolute Gasteiger partial charge is 0.119 e. The van der Waals surface area contributed by atoms with Crippen molar-refractivity contribution in [3.05, 3.63) is 59.9 Å². The summed E-state index contributed by atoms with van der Waals surface area (Å²) in [7, 11) is 2.22. The van der Waals surface area contributed by atoms with E-state index in [2.05, 4.69) is 67.2 Å². The lowest BCUT2D eigenvalue weighted by Crippen LogP contribution is -2.33. The van der Waals surface area contributed by atoms with Gasteiger partial charge in [-0.15, -0.1) is 0 Å². The first kappa shape index (κ1) is 18.9. The molecular weight excluding hydrogens is 320 g/mol. The number of aryl methyl sites for hydroxylation is 1. The van der Waals surface area contributed by atoms with Gasteiger partial charge in [-0.25, -0.2) is 0 Å². The van der Waals surface area contributed by atoms with Crippen LogP contribution in [0.1, 0.15) is 43.7 Å². The van der Waals surface area contributed by atoms with Crippen LogP contribution in [0.3, 0.4) is 0 Å². The Kier molecular flexibility index (Phi) is 6.67. The van der Waals surface area contributed by atoms with Crippen molar-refractivity contribution in [2.75, 3.05) is 13.6 Å². The van der Waals surface area contributed by atoms with Gasteiger partial charge in [-0.2, -0.15) is 0 Å². The van der Waals surface area contributed by atoms with E-state index >= 15 is 0 Å². The van der Waals surface area contributed by atoms with E-state index in [9.17, 15) is 0 Å². The second-order valence-corrected chi connectivity index (χ2v) is 8.01. The first-order valence-corrected chi connectivity index (χ1v) is 9.91. The van der Waals surface area contributed by atoms with Crippen LogP contribution in [0.5, 0.6) is 5.75 Å². The van der Waals surface area contributed by atoms with Crippen LogP contribution in [-0.4, -0.2) is 29.6 Å². The van der Waals surface area contributed by atoms with E-state index in [-0.39, 0.29) is 0 Å². The fraction of sp³-hybridized carbons (Fsp3) is 0.522. The molecule has 1 aliphatic carbocycles. The molecule has 1 fully saturated rings. The van der Waals surface area contributed by atoms with Gasteiger partial charge in [0.1, 0.15) is 5.75 Å². The van der Waals surface area contributed by atoms with E-state index in [1.165, 1.54) is 36.8 Å². The summed E-state index contributed by atoms with van der Waals surface area (Å²) in [5.41, 5.74) is 2.60. The van der Waals surface area contributed by atoms with Crippen molar-refractivity contribution in [3.8, 4) is 5.75 Å². The van der Waals surface area contributed by atoms with Crippen molar-refractivity contribution in [2.45, 2.75) is 52.2 Å². The zero-order valence-electron chi connectivity index (χ0n) is 16.4. The average Bonchev–Trinajstić information content (AvgIpc) is 2.62. The summed E-state index contributed by atoms with van der Waals surface area (Å²) < 4.78 is 6.30. The van der Waals surface area contributed by atoms with E-state index in [1.807, 2.05) is 12.4 Å². The van der Waals surface area contributed by atoms with Gasteiger partial charge in [-0.3, -0.25) is 4.98 Å². The highest BCUT2D eigenvalue weighted by atomic mass is 16.5. The number of nitrogens with zero attached hydrogens (tertiary/aromatic N) is 2. The van der Waals surface area contributed by atoms with Crippen molar-refractivity contribution in [2.24, 2.45) is 11.8 Å². The average molecular weight is 353 g/mol. The molecule has 0 N–H and O–H groups in total. The van der Waals surface area contributed by atoms with Crippen LogP contribution in [-0.2, 0) is 6.54 Å². The fourth-order valence-electron chi connectivity index (χ4n) is 4.19. The summed E-state index contributed by atoms with van der Waals surface area (Å²) in [4.78, 5) is 6.54. The molecule has 0 radical (unpaired) electrons. The van der Waals surface area contributed by atoms with Gasteiger partial charge in [0.15, 0.2) is 0 Å². The number of hydrogen-bond acceptors (Lipinski definition) is 3. The third-order valence-electron chi connectivity index (χ3n) is 5.57. The van der Waals surface area contributed by atoms with E-state index in [0.717, 1.165) is 24.8 Å². The third kappa shape index (κ3) is 5.57. The Balaban J connectivity index is 1.50. The van der Waals surface area contributed by atoms with Gasteiger partial charge in [0.05, 0.1) is 6.10 Å². The maximum absolute atomic E-state index is 6.30. The Hall–Kier alpha value is -1.87. The number of hydrogen-bond donors (Lipinski definition) is 0. The minimum Gasteiger partial charge on any atom is -0.490 e. The molecule has 140 valence electrons. The number of pyridine rings is 1. The molecule has 26 heavy (non-hydrogen) atoms. The summed E-state index contributed by atoms with van der Waals surface area (Å²) in [5.74, 6) is 2.46. The van der Waals surface area contributed by atoms with Crippen LogP contribution in [0.15, 0.2) is 48.8 Å². The Morgan fingerprint density at radius 1 is 1.19 bits per heavy atom. The maximum Gasteiger partial charge on any atom is 0.119 e. The highest BCUT2D eigenvalue weighted by Crippen LogP contribution is 2.33. The van der Waals surface area contributed by atoms with E-state index in [0.29, 0.717) is 12.0 Å². The molecule has 0 aliphatic heterocycles. The van der Waals surface area contributed by atoms with Crippen LogP contribution < -0.4 is 4.74 Å². The Bertz CT molecular complexity index is 673. The SMILES string of the molecule is Cc1cccc(O[C@@H]2CCC[C@H](C(C)CN(C)Cc3ccncc3)C2)c1. The number of ether oxygens (including phenoxy) is 1. The molecule has 3 atom stereocenters. The van der Waals surface area contributed by atoms with Gasteiger partial charge in [0.25, 0.3) is 0 Å². The molecule has 1 unspecified atom stereocenters. The first-order valence-electron chi connectivity index (χ1n) is 9.91. The summed E-state index contributed by atoms with van der Waals surface area (Å²) in [5, 5.41) is 0. The van der Waals surface area contributed by atoms with Crippen LogP contribution in [0.2, 0.25) is 0 Å². The van der Waals surface area contributed by atoms with E-state index < -0.39 is 0 Å². The lowest BCUT2D eigenvalue weighted by molar-refractivity contribution is 0.0913. The predicted octanol–water partition coefficient (Wildman–Crippen LogP) is 5.10. The summed E-state index contributed by atoms with van der Waals surface area (Å²) in [6, 6.07) is 12.7. The van der Waals surface area contributed by atoms with Gasteiger partial charge >= 0.3 is 0 Å². The monoisotopic (exact) mass is 352 g/mol. The van der Waals surface area contributed by atoms with Crippen molar-refractivity contribution >= 4 is 0 Å². The topological polar surface area (TPSA) is 25.4 Å². The predicted molar refractivity (Wildman–Crippen MR) is 107 cm³/mol. The summed E-state index contributed by atoms with van der Waals surface area (Å²) in [6.07, 6.45) is 9.09. The lowest BCUT2D eigenvalue weighted by Gasteiger charge is -2.35. The molecule has 0 spiro atoms. The third-order valence-corrected chi connectivity index (χ3v) is 5.57. The second-order valence-electron chi connectivity index (χ2n) is 8.01. The quantitative estimate of drug-likeness (QED) is 0.693. The van der Waals surface area contributed by atoms with Crippen molar-refractivity contribution < 1.29 is 4.74 Å². The minimum absolute atomic E-state index is 0.364. The van der Waals surface area contributed by atoms with E-state index in [1.54, 1.807) is 0 Å². The molecule has 3 heteroatoms. The highest BCUT2D eigenvalue weighted by molar-refractivity contribution is 5.27. The molecule has 3 nitrogen and oxygen atoms in total. The van der Waals surface area contributed by atoms with Crippen molar-refractivity contribution in [1.29, 1.82) is 0 Å². The molecule has 1 aromatic heterocycles. The molecule has 0 saturated heterocycles. The van der Waals surface area contributed by atoms with Crippen molar-refractivity contribution in [1.82, 2.24) is 9.88 Å². The zero-order valence-corrected chi connectivity index (χ0v) is 16.4. The number of benzene rings is 1. The van der Waals surface area contributed by atoms with Gasteiger partial charge in [-0.1, -0.05) is 19.1 Å². The largest absolute Gasteiger partial charge is 0.490 e. The van der Waals surface area contributed by atoms with Gasteiger partial charge in [0, 0.05) is 25.5 Å². The van der Waals surface area contributed by atoms with Crippen LogP contribution in [0.4, 0.5) is 0 Å². The molecule has 0 bridgehead atoms. The molecule has 1 aromatic carbocycles. The summed E-state index contributed by atoms with van der Waals surface area (Å²) >= 11 is 0. The van der Waals surface area contributed by atoms with Gasteiger partial charge < -0.3 is 9.64 Å². The minimum atomic E-state index is 0.364. The first-order chi connectivity index (χ1) is 12.6. The Morgan fingerprint density at radius 2 is 2.00 bits per heavy atom. The summed E-state index contributed by atoms with van der Waals surface area (Å²) in [6.45, 7) is 6.65. The molecule has 1 aliphatic rings. The normalized spacial score (nSPS) is 21.5. The van der Waals surface area contributed by atoms with Crippen molar-refractivity contribution in [3.63, 3.8) is 0 Å². The second kappa shape index (κ2) is 9.18. The molecule has 1 saturated carbocycles. The Labute approximate surface area is 158 Å². The number of rotatable bonds is 7. The molecule has 3 rings (SSSR count). The molecule has 1 heterocycles. The Morgan fingerprint density at radius 3 is 2.77 bits per heavy atom. The maximum atomic E-state index is 6.30. The molecule has 2 aromatic rings. The van der Waals surface area contributed by atoms with Crippen LogP contribution in [0.25, 0.3) is 0 Å². The number of aromatic nitrogens is 1. The fourth-order valence-corrected chi connectivity index (χ4v) is 4.19. The molecular formula is C23H32N2O. The van der Waals surface area contributed by atoms with Crippen LogP contribution in [0, 0.1) is 18.8 Å². The lowest BCUT2D eigenvalue weighted by atomic mass is 9.79. The zero-order chi connectivity index (χ0) is 18.4. The van der Waals surface area contributed by atoms with Gasteiger partial charge in [-0.05, 0) is 86.9 Å². The van der Waals surface area contributed by atoms with E-state index in [4.69, 9.17) is 4.74 Å². The van der Waals surface area contributed by atoms with Crippen LogP contribution >= 0.6 is 0 Å². The molecule has 0 amide bonds.